The number of nitrogens with one attached hydrogen (secondary N) is 3. The molecule has 1 aliphatic heterocycles. The van der Waals surface area contributed by atoms with Crippen LogP contribution in [0.15, 0.2) is 83.1 Å². The molecular formula is C34H36ClN5O6. The van der Waals surface area contributed by atoms with Crippen molar-refractivity contribution < 1.29 is 28.9 Å². The average molecular weight is 646 g/mol. The highest BCUT2D eigenvalue weighted by Gasteiger charge is 2.32. The van der Waals surface area contributed by atoms with E-state index >= 15 is 0 Å². The Labute approximate surface area is 271 Å². The Hall–Kier alpha value is -5.00. The number of rotatable bonds is 12. The maximum Gasteiger partial charge on any atom is 0.337 e. The Morgan fingerprint density at radius 2 is 1.87 bits per heavy atom. The van der Waals surface area contributed by atoms with Crippen LogP contribution in [0.4, 0.5) is 4.79 Å². The first-order valence-electron chi connectivity index (χ1n) is 14.8. The monoisotopic (exact) mass is 645 g/mol. The van der Waals surface area contributed by atoms with Crippen LogP contribution in [0.1, 0.15) is 42.3 Å². The summed E-state index contributed by atoms with van der Waals surface area (Å²) in [4.78, 5) is 24.7. The number of benzene rings is 3. The number of hydrogen-bond acceptors (Lipinski definition) is 8. The summed E-state index contributed by atoms with van der Waals surface area (Å²) in [6.45, 7) is 6.29. The minimum absolute atomic E-state index is 0.138. The van der Waals surface area contributed by atoms with Crippen molar-refractivity contribution in [2.75, 3.05) is 20.3 Å². The van der Waals surface area contributed by atoms with Crippen molar-refractivity contribution in [3.8, 4) is 11.5 Å². The van der Waals surface area contributed by atoms with Gasteiger partial charge in [0.2, 0.25) is 0 Å². The lowest BCUT2D eigenvalue weighted by molar-refractivity contribution is -0.136. The Bertz CT molecular complexity index is 1820. The molecule has 0 saturated carbocycles. The number of amides is 2. The molecule has 1 aromatic heterocycles. The quantitative estimate of drug-likeness (QED) is 0.0722. The van der Waals surface area contributed by atoms with Gasteiger partial charge in [0.05, 0.1) is 31.5 Å². The molecule has 1 aliphatic rings. The van der Waals surface area contributed by atoms with Crippen molar-refractivity contribution in [2.45, 2.75) is 39.6 Å². The summed E-state index contributed by atoms with van der Waals surface area (Å²) in [7, 11) is 1.28. The number of aliphatic hydroxyl groups excluding tert-OH is 1. The summed E-state index contributed by atoms with van der Waals surface area (Å²) in [5.41, 5.74) is 7.97. The number of carbonyl (C=O) groups is 2. The van der Waals surface area contributed by atoms with Crippen molar-refractivity contribution in [2.24, 2.45) is 5.10 Å². The molecule has 2 atom stereocenters. The topological polar surface area (TPSA) is 135 Å². The average Bonchev–Trinajstić information content (AvgIpc) is 3.30. The molecule has 12 heteroatoms. The molecule has 0 unspecified atom stereocenters. The molecule has 240 valence electrons. The van der Waals surface area contributed by atoms with E-state index in [1.807, 2.05) is 56.3 Å². The van der Waals surface area contributed by atoms with Gasteiger partial charge in [-0.15, -0.1) is 0 Å². The number of aliphatic hydroxyl groups is 1. The number of aromatic nitrogens is 1. The molecule has 4 N–H and O–H groups in total. The summed E-state index contributed by atoms with van der Waals surface area (Å²) in [5.74, 6) is 0.185. The second-order valence-electron chi connectivity index (χ2n) is 10.6. The molecule has 2 amide bonds. The van der Waals surface area contributed by atoms with E-state index in [-0.39, 0.29) is 12.2 Å². The third-order valence-electron chi connectivity index (χ3n) is 7.66. The molecule has 0 aliphatic carbocycles. The van der Waals surface area contributed by atoms with E-state index in [1.165, 1.54) is 7.11 Å². The van der Waals surface area contributed by atoms with E-state index < -0.39 is 24.3 Å². The van der Waals surface area contributed by atoms with E-state index in [0.29, 0.717) is 40.9 Å². The minimum Gasteiger partial charge on any atom is -0.490 e. The van der Waals surface area contributed by atoms with E-state index in [9.17, 15) is 14.7 Å². The second-order valence-corrected chi connectivity index (χ2v) is 11.0. The van der Waals surface area contributed by atoms with Gasteiger partial charge < -0.3 is 34.5 Å². The SMILES string of the molecule is CCOc1cc([C@@H]2NC(=O)NC(C)=C2C(=O)OC)ccc1OC[C@H](O)N/N=C/c1c(C)n(Cc2ccccc2Cl)c2ccccc12. The van der Waals surface area contributed by atoms with Crippen LogP contribution in [0.25, 0.3) is 10.9 Å². The molecular weight excluding hydrogens is 610 g/mol. The van der Waals surface area contributed by atoms with Crippen LogP contribution in [0, 0.1) is 6.92 Å². The van der Waals surface area contributed by atoms with Gasteiger partial charge in [-0.1, -0.05) is 54.1 Å². The van der Waals surface area contributed by atoms with Gasteiger partial charge in [-0.25, -0.2) is 9.59 Å². The van der Waals surface area contributed by atoms with Crippen LogP contribution in [0.3, 0.4) is 0 Å². The molecule has 0 bridgehead atoms. The first kappa shape index (κ1) is 32.4. The maximum absolute atomic E-state index is 12.5. The first-order valence-corrected chi connectivity index (χ1v) is 15.1. The maximum atomic E-state index is 12.5. The zero-order chi connectivity index (χ0) is 32.8. The van der Waals surface area contributed by atoms with E-state index in [4.69, 9.17) is 25.8 Å². The molecule has 0 spiro atoms. The Kier molecular flexibility index (Phi) is 10.1. The molecule has 5 rings (SSSR count). The summed E-state index contributed by atoms with van der Waals surface area (Å²) in [6.07, 6.45) is 0.550. The second kappa shape index (κ2) is 14.4. The van der Waals surface area contributed by atoms with Gasteiger partial charge in [0, 0.05) is 39.4 Å². The van der Waals surface area contributed by atoms with E-state index in [1.54, 1.807) is 31.3 Å². The fourth-order valence-corrected chi connectivity index (χ4v) is 5.63. The molecule has 0 saturated heterocycles. The van der Waals surface area contributed by atoms with Crippen molar-refractivity contribution in [1.82, 2.24) is 20.6 Å². The number of urea groups is 1. The highest BCUT2D eigenvalue weighted by Crippen LogP contribution is 2.35. The lowest BCUT2D eigenvalue weighted by atomic mass is 9.95. The number of hydrogen-bond donors (Lipinski definition) is 4. The third-order valence-corrected chi connectivity index (χ3v) is 8.02. The van der Waals surface area contributed by atoms with Gasteiger partial charge in [-0.3, -0.25) is 5.43 Å². The molecule has 46 heavy (non-hydrogen) atoms. The number of carbonyl (C=O) groups excluding carboxylic acids is 2. The predicted molar refractivity (Wildman–Crippen MR) is 176 cm³/mol. The number of nitrogens with zero attached hydrogens (tertiary/aromatic N) is 2. The lowest BCUT2D eigenvalue weighted by Gasteiger charge is -2.28. The third kappa shape index (κ3) is 6.95. The minimum atomic E-state index is -1.14. The number of hydrazone groups is 1. The summed E-state index contributed by atoms with van der Waals surface area (Å²) < 4.78 is 18.8. The van der Waals surface area contributed by atoms with Gasteiger partial charge >= 0.3 is 12.0 Å². The van der Waals surface area contributed by atoms with Crippen molar-refractivity contribution in [1.29, 1.82) is 0 Å². The molecule has 3 aromatic carbocycles. The molecule has 4 aromatic rings. The Balaban J connectivity index is 1.29. The van der Waals surface area contributed by atoms with Gasteiger partial charge in [-0.2, -0.15) is 5.10 Å². The predicted octanol–water partition coefficient (Wildman–Crippen LogP) is 5.17. The fraction of sp³-hybridized carbons (Fsp3) is 0.265. The summed E-state index contributed by atoms with van der Waals surface area (Å²) >= 11 is 6.45. The highest BCUT2D eigenvalue weighted by atomic mass is 35.5. The molecule has 11 nitrogen and oxygen atoms in total. The van der Waals surface area contributed by atoms with Crippen molar-refractivity contribution in [3.05, 3.63) is 105 Å². The molecule has 2 heterocycles. The Morgan fingerprint density at radius 1 is 1.11 bits per heavy atom. The van der Waals surface area contributed by atoms with Gasteiger partial charge in [0.15, 0.2) is 17.7 Å². The number of methoxy groups -OCH3 is 1. The normalized spacial score (nSPS) is 15.4. The van der Waals surface area contributed by atoms with Crippen molar-refractivity contribution >= 4 is 40.7 Å². The summed E-state index contributed by atoms with van der Waals surface area (Å²) in [5, 5.41) is 22.0. The number of halogens is 1. The number of fused-ring (bicyclic) bond motifs is 1. The van der Waals surface area contributed by atoms with Gasteiger partial charge in [0.25, 0.3) is 0 Å². The zero-order valence-electron chi connectivity index (χ0n) is 26.0. The van der Waals surface area contributed by atoms with E-state index in [0.717, 1.165) is 27.7 Å². The smallest absolute Gasteiger partial charge is 0.337 e. The standard InChI is InChI=1S/C34H36ClN5O6/c1-5-45-29-16-22(32-31(33(42)44-4)20(2)37-34(43)38-32)14-15-28(29)46-19-30(41)39-36-17-25-21(3)40(27-13-9-7-11-24(25)27)18-23-10-6-8-12-26(23)35/h6-17,30,32,39,41H,5,18-19H2,1-4H3,(H2,37,38,43)/b36-17+/t30-,32-/m0/s1. The molecule has 0 fully saturated rings. The van der Waals surface area contributed by atoms with Crippen LogP contribution in [-0.2, 0) is 16.1 Å². The van der Waals surface area contributed by atoms with E-state index in [2.05, 4.69) is 31.8 Å². The first-order chi connectivity index (χ1) is 22.2. The molecule has 0 radical (unpaired) electrons. The van der Waals surface area contributed by atoms with Crippen LogP contribution in [0.5, 0.6) is 11.5 Å². The van der Waals surface area contributed by atoms with Crippen molar-refractivity contribution in [3.63, 3.8) is 0 Å². The van der Waals surface area contributed by atoms with Crippen LogP contribution in [0.2, 0.25) is 5.02 Å². The Morgan fingerprint density at radius 3 is 2.63 bits per heavy atom. The number of allylic oxidation sites excluding steroid dienone is 1. The number of esters is 1. The van der Waals surface area contributed by atoms with Gasteiger partial charge in [-0.05, 0) is 56.2 Å². The highest BCUT2D eigenvalue weighted by molar-refractivity contribution is 6.31. The number of ether oxygens (including phenoxy) is 3. The summed E-state index contributed by atoms with van der Waals surface area (Å²) in [6, 6.07) is 19.7. The van der Waals surface area contributed by atoms with Gasteiger partial charge in [0.1, 0.15) is 6.61 Å². The largest absolute Gasteiger partial charge is 0.490 e. The fourth-order valence-electron chi connectivity index (χ4n) is 5.43. The lowest BCUT2D eigenvalue weighted by Crippen LogP contribution is -2.45. The van der Waals surface area contributed by atoms with Crippen LogP contribution >= 0.6 is 11.6 Å². The van der Waals surface area contributed by atoms with Crippen LogP contribution < -0.4 is 25.5 Å². The zero-order valence-corrected chi connectivity index (χ0v) is 26.7. The van der Waals surface area contributed by atoms with Crippen LogP contribution in [-0.4, -0.2) is 54.4 Å². The number of para-hydroxylation sites is 1.